The van der Waals surface area contributed by atoms with E-state index in [0.717, 1.165) is 12.4 Å². The van der Waals surface area contributed by atoms with Gasteiger partial charge in [0.1, 0.15) is 36.7 Å². The molecule has 29 heavy (non-hydrogen) atoms. The summed E-state index contributed by atoms with van der Waals surface area (Å²) >= 11 is 0. The quantitative estimate of drug-likeness (QED) is 0.704. The van der Waals surface area contributed by atoms with E-state index in [-0.39, 0.29) is 17.8 Å². The number of hydrogen-bond acceptors (Lipinski definition) is 5. The minimum absolute atomic E-state index is 0.0801. The van der Waals surface area contributed by atoms with Gasteiger partial charge in [-0.05, 0) is 18.2 Å². The van der Waals surface area contributed by atoms with Gasteiger partial charge in [0.2, 0.25) is 0 Å². The number of amides is 2. The van der Waals surface area contributed by atoms with Gasteiger partial charge in [-0.2, -0.15) is 13.2 Å². The smallest absolute Gasteiger partial charge is 0.433 e. The molecule has 2 amide bonds. The third-order valence-corrected chi connectivity index (χ3v) is 4.50. The predicted molar refractivity (Wildman–Crippen MR) is 94.6 cm³/mol. The maximum absolute atomic E-state index is 12.9. The number of alkyl halides is 3. The predicted octanol–water partition coefficient (Wildman–Crippen LogP) is 1.90. The van der Waals surface area contributed by atoms with E-state index in [2.05, 4.69) is 15.3 Å². The van der Waals surface area contributed by atoms with Crippen molar-refractivity contribution in [2.45, 2.75) is 12.2 Å². The van der Waals surface area contributed by atoms with Crippen molar-refractivity contribution in [3.8, 4) is 5.75 Å². The van der Waals surface area contributed by atoms with Gasteiger partial charge in [0.25, 0.3) is 11.8 Å². The molecule has 1 N–H and O–H groups in total. The maximum atomic E-state index is 12.9. The summed E-state index contributed by atoms with van der Waals surface area (Å²) in [5.41, 5.74) is -0.940. The molecule has 1 aliphatic heterocycles. The average molecular weight is 405 g/mol. The lowest BCUT2D eigenvalue weighted by Gasteiger charge is -2.20. The van der Waals surface area contributed by atoms with Crippen LogP contribution in [0.5, 0.6) is 5.75 Å². The van der Waals surface area contributed by atoms with Gasteiger partial charge in [-0.3, -0.25) is 14.0 Å². The van der Waals surface area contributed by atoms with Crippen molar-refractivity contribution in [3.05, 3.63) is 54.4 Å². The van der Waals surface area contributed by atoms with Crippen LogP contribution in [0.4, 0.5) is 18.9 Å². The Bertz CT molecular complexity index is 1110. The highest BCUT2D eigenvalue weighted by Gasteiger charge is 2.34. The van der Waals surface area contributed by atoms with E-state index in [0.29, 0.717) is 11.4 Å². The molecule has 0 aliphatic carbocycles. The third-order valence-electron chi connectivity index (χ3n) is 4.50. The van der Waals surface area contributed by atoms with Crippen LogP contribution in [-0.4, -0.2) is 45.9 Å². The van der Waals surface area contributed by atoms with Gasteiger partial charge in [0, 0.05) is 7.05 Å². The number of carbonyl (C=O) groups is 2. The summed E-state index contributed by atoms with van der Waals surface area (Å²) in [4.78, 5) is 33.9. The van der Waals surface area contributed by atoms with E-state index in [1.54, 1.807) is 31.3 Å². The Balaban J connectivity index is 1.61. The number of nitrogens with one attached hydrogen (secondary N) is 1. The molecule has 8 nitrogen and oxygen atoms in total. The number of ether oxygens (including phenoxy) is 1. The summed E-state index contributed by atoms with van der Waals surface area (Å²) in [7, 11) is 1.54. The van der Waals surface area contributed by atoms with Gasteiger partial charge in [0.05, 0.1) is 11.2 Å². The highest BCUT2D eigenvalue weighted by molar-refractivity contribution is 6.04. The second-order valence-corrected chi connectivity index (χ2v) is 6.36. The van der Waals surface area contributed by atoms with Crippen molar-refractivity contribution in [1.29, 1.82) is 0 Å². The SMILES string of the molecule is CN1C(=O)C(NC(=O)c2ncn3cnc(C(F)(F)F)cc23)COc2ccccc21. The van der Waals surface area contributed by atoms with Crippen molar-refractivity contribution in [2.24, 2.45) is 0 Å². The molecule has 0 fully saturated rings. The second-order valence-electron chi connectivity index (χ2n) is 6.36. The molecule has 3 heterocycles. The van der Waals surface area contributed by atoms with Crippen molar-refractivity contribution >= 4 is 23.0 Å². The number of likely N-dealkylation sites (N-methyl/N-ethyl adjacent to an activating group) is 1. The zero-order valence-electron chi connectivity index (χ0n) is 15.0. The first-order chi connectivity index (χ1) is 13.8. The van der Waals surface area contributed by atoms with Crippen LogP contribution >= 0.6 is 0 Å². The van der Waals surface area contributed by atoms with Gasteiger partial charge >= 0.3 is 6.18 Å². The number of aromatic nitrogens is 3. The summed E-state index contributed by atoms with van der Waals surface area (Å²) in [5.74, 6) is -0.744. The van der Waals surface area contributed by atoms with E-state index < -0.39 is 29.7 Å². The number of hydrogen-bond donors (Lipinski definition) is 1. The first-order valence-electron chi connectivity index (χ1n) is 8.46. The lowest BCUT2D eigenvalue weighted by molar-refractivity contribution is -0.141. The fourth-order valence-electron chi connectivity index (χ4n) is 3.01. The van der Waals surface area contributed by atoms with Crippen LogP contribution < -0.4 is 15.0 Å². The molecule has 0 radical (unpaired) electrons. The van der Waals surface area contributed by atoms with Gasteiger partial charge in [-0.1, -0.05) is 12.1 Å². The van der Waals surface area contributed by atoms with E-state index >= 15 is 0 Å². The van der Waals surface area contributed by atoms with Crippen molar-refractivity contribution in [2.75, 3.05) is 18.6 Å². The number of para-hydroxylation sites is 2. The molecule has 1 atom stereocenters. The molecule has 2 aromatic heterocycles. The monoisotopic (exact) mass is 405 g/mol. The fourth-order valence-corrected chi connectivity index (χ4v) is 3.01. The molecule has 0 saturated heterocycles. The normalized spacial score (nSPS) is 16.9. The molecule has 0 spiro atoms. The Hall–Kier alpha value is -3.63. The van der Waals surface area contributed by atoms with Crippen LogP contribution in [0.25, 0.3) is 5.52 Å². The molecule has 1 aromatic carbocycles. The molecule has 1 aliphatic rings. The molecular weight excluding hydrogens is 391 g/mol. The van der Waals surface area contributed by atoms with Gasteiger partial charge in [0.15, 0.2) is 5.69 Å². The minimum atomic E-state index is -4.67. The molecule has 0 saturated carbocycles. The van der Waals surface area contributed by atoms with Crippen molar-refractivity contribution < 1.29 is 27.5 Å². The number of fused-ring (bicyclic) bond motifs is 2. The fraction of sp³-hybridized carbons (Fsp3) is 0.222. The number of carbonyl (C=O) groups excluding carboxylic acids is 2. The number of halogens is 3. The molecule has 11 heteroatoms. The summed E-state index contributed by atoms with van der Waals surface area (Å²) in [6.45, 7) is -0.132. The number of nitrogens with zero attached hydrogens (tertiary/aromatic N) is 4. The standard InChI is InChI=1S/C18H14F3N5O3/c1-25-11-4-2-3-5-13(11)29-7-10(17(25)28)24-16(27)15-12-6-14(18(19,20)21)22-8-26(12)9-23-15/h2-6,8-10H,7H2,1H3,(H,24,27). The van der Waals surface area contributed by atoms with Crippen molar-refractivity contribution in [3.63, 3.8) is 0 Å². The Morgan fingerprint density at radius 1 is 1.24 bits per heavy atom. The van der Waals surface area contributed by atoms with Crippen LogP contribution in [0.15, 0.2) is 43.0 Å². The molecule has 3 aromatic rings. The highest BCUT2D eigenvalue weighted by atomic mass is 19.4. The summed E-state index contributed by atoms with van der Waals surface area (Å²) in [6.07, 6.45) is -2.57. The number of rotatable bonds is 2. The van der Waals surface area contributed by atoms with Gasteiger partial charge in [-0.25, -0.2) is 9.97 Å². The molecule has 4 rings (SSSR count). The average Bonchev–Trinajstić information content (AvgIpc) is 3.08. The maximum Gasteiger partial charge on any atom is 0.433 e. The van der Waals surface area contributed by atoms with Crippen molar-refractivity contribution in [1.82, 2.24) is 19.7 Å². The van der Waals surface area contributed by atoms with Crippen LogP contribution in [0.3, 0.4) is 0 Å². The topological polar surface area (TPSA) is 88.8 Å². The second kappa shape index (κ2) is 6.76. The van der Waals surface area contributed by atoms with Crippen LogP contribution in [-0.2, 0) is 11.0 Å². The zero-order valence-corrected chi connectivity index (χ0v) is 15.0. The van der Waals surface area contributed by atoms with E-state index in [1.807, 2.05) is 0 Å². The molecule has 1 unspecified atom stereocenters. The Kier molecular flexibility index (Phi) is 4.36. The minimum Gasteiger partial charge on any atom is -0.489 e. The Morgan fingerprint density at radius 2 is 1.97 bits per heavy atom. The van der Waals surface area contributed by atoms with E-state index in [1.165, 1.54) is 15.6 Å². The first kappa shape index (κ1) is 18.7. The lowest BCUT2D eigenvalue weighted by atomic mass is 10.2. The summed E-state index contributed by atoms with van der Waals surface area (Å²) in [5, 5.41) is 2.49. The summed E-state index contributed by atoms with van der Waals surface area (Å²) in [6, 6.07) is 6.58. The summed E-state index contributed by atoms with van der Waals surface area (Å²) < 4.78 is 45.6. The lowest BCUT2D eigenvalue weighted by Crippen LogP contribution is -2.49. The van der Waals surface area contributed by atoms with Crippen LogP contribution in [0.2, 0.25) is 0 Å². The first-order valence-corrected chi connectivity index (χ1v) is 8.46. The number of anilines is 1. The molecular formula is C18H14F3N5O3. The number of imidazole rings is 1. The van der Waals surface area contributed by atoms with Crippen LogP contribution in [0.1, 0.15) is 16.2 Å². The van der Waals surface area contributed by atoms with E-state index in [4.69, 9.17) is 4.74 Å². The molecule has 150 valence electrons. The largest absolute Gasteiger partial charge is 0.489 e. The molecule has 0 bridgehead atoms. The van der Waals surface area contributed by atoms with Crippen LogP contribution in [0, 0.1) is 0 Å². The Morgan fingerprint density at radius 3 is 2.72 bits per heavy atom. The number of benzene rings is 1. The Labute approximate surface area is 161 Å². The van der Waals surface area contributed by atoms with Gasteiger partial charge < -0.3 is 15.0 Å². The third kappa shape index (κ3) is 3.35. The van der Waals surface area contributed by atoms with E-state index in [9.17, 15) is 22.8 Å². The highest BCUT2D eigenvalue weighted by Crippen LogP contribution is 2.30. The van der Waals surface area contributed by atoms with Gasteiger partial charge in [-0.15, -0.1) is 0 Å². The zero-order chi connectivity index (χ0) is 20.8.